The van der Waals surface area contributed by atoms with Gasteiger partial charge in [0.25, 0.3) is 0 Å². The maximum Gasteiger partial charge on any atom is 0.191 e. The van der Waals surface area contributed by atoms with E-state index >= 15 is 0 Å². The second kappa shape index (κ2) is 11.5. The number of aryl methyl sites for hydroxylation is 2. The van der Waals surface area contributed by atoms with E-state index in [4.69, 9.17) is 4.99 Å². The van der Waals surface area contributed by atoms with Crippen LogP contribution in [0.4, 0.5) is 0 Å². The molecule has 0 spiro atoms. The molecule has 1 unspecified atom stereocenters. The van der Waals surface area contributed by atoms with Crippen molar-refractivity contribution in [1.82, 2.24) is 25.4 Å². The van der Waals surface area contributed by atoms with Crippen LogP contribution in [-0.2, 0) is 25.8 Å². The molecule has 0 aliphatic carbocycles. The number of fused-ring (bicyclic) bond motifs is 1. The number of nitrogens with zero attached hydrogens (tertiary/aromatic N) is 4. The fourth-order valence-corrected chi connectivity index (χ4v) is 3.44. The van der Waals surface area contributed by atoms with Gasteiger partial charge in [0.15, 0.2) is 11.8 Å². The molecule has 2 aromatic rings. The number of halogens is 1. The van der Waals surface area contributed by atoms with Gasteiger partial charge in [-0.1, -0.05) is 45.0 Å². The minimum Gasteiger partial charge on any atom is -0.357 e. The van der Waals surface area contributed by atoms with Gasteiger partial charge in [0.05, 0.1) is 6.54 Å². The molecular formula is C22H35IN6. The largest absolute Gasteiger partial charge is 0.357 e. The Morgan fingerprint density at radius 1 is 1.21 bits per heavy atom. The number of hydrogen-bond acceptors (Lipinski definition) is 3. The van der Waals surface area contributed by atoms with Gasteiger partial charge in [-0.15, -0.1) is 24.0 Å². The van der Waals surface area contributed by atoms with Crippen molar-refractivity contribution in [2.75, 3.05) is 13.1 Å². The van der Waals surface area contributed by atoms with Crippen molar-refractivity contribution in [3.8, 4) is 0 Å². The first-order valence-electron chi connectivity index (χ1n) is 10.6. The summed E-state index contributed by atoms with van der Waals surface area (Å²) in [6, 6.07) is 9.19. The lowest BCUT2D eigenvalue weighted by Gasteiger charge is -2.25. The van der Waals surface area contributed by atoms with E-state index in [-0.39, 0.29) is 24.0 Å². The van der Waals surface area contributed by atoms with Gasteiger partial charge < -0.3 is 10.6 Å². The highest BCUT2D eigenvalue weighted by Gasteiger charge is 2.23. The van der Waals surface area contributed by atoms with Crippen molar-refractivity contribution < 1.29 is 0 Å². The molecule has 1 aliphatic rings. The summed E-state index contributed by atoms with van der Waals surface area (Å²) in [6.07, 6.45) is 4.05. The van der Waals surface area contributed by atoms with Crippen LogP contribution in [0.15, 0.2) is 29.3 Å². The highest BCUT2D eigenvalue weighted by Crippen LogP contribution is 2.17. The molecule has 0 saturated carbocycles. The SMILES string of the molecule is CCNC(=NCCc1ccc(CC)cc1)NC1CCc2nc(C(C)C)nn2C1.I. The van der Waals surface area contributed by atoms with E-state index in [0.29, 0.717) is 12.0 Å². The van der Waals surface area contributed by atoms with Crippen LogP contribution in [0.3, 0.4) is 0 Å². The molecule has 1 aliphatic heterocycles. The Hall–Kier alpha value is -1.64. The molecule has 0 radical (unpaired) electrons. The predicted octanol–water partition coefficient (Wildman–Crippen LogP) is 3.69. The molecule has 0 bridgehead atoms. The summed E-state index contributed by atoms with van der Waals surface area (Å²) < 4.78 is 2.06. The number of aromatic nitrogens is 3. The summed E-state index contributed by atoms with van der Waals surface area (Å²) >= 11 is 0. The third kappa shape index (κ3) is 6.69. The molecular weight excluding hydrogens is 475 g/mol. The molecule has 29 heavy (non-hydrogen) atoms. The lowest BCUT2D eigenvalue weighted by atomic mass is 10.1. The first kappa shape index (κ1) is 23.6. The number of rotatable bonds is 7. The molecule has 1 aromatic heterocycles. The summed E-state index contributed by atoms with van der Waals surface area (Å²) in [4.78, 5) is 9.46. The van der Waals surface area contributed by atoms with E-state index in [0.717, 1.165) is 62.9 Å². The van der Waals surface area contributed by atoms with E-state index in [2.05, 4.69) is 77.4 Å². The van der Waals surface area contributed by atoms with Crippen LogP contribution in [0.2, 0.25) is 0 Å². The van der Waals surface area contributed by atoms with E-state index in [9.17, 15) is 0 Å². The van der Waals surface area contributed by atoms with Crippen LogP contribution < -0.4 is 10.6 Å². The lowest BCUT2D eigenvalue weighted by molar-refractivity contribution is 0.391. The molecule has 0 fully saturated rings. The zero-order chi connectivity index (χ0) is 19.9. The van der Waals surface area contributed by atoms with Crippen LogP contribution in [-0.4, -0.2) is 39.9 Å². The van der Waals surface area contributed by atoms with Gasteiger partial charge in [0.2, 0.25) is 0 Å². The molecule has 0 amide bonds. The molecule has 160 valence electrons. The van der Waals surface area contributed by atoms with Gasteiger partial charge >= 0.3 is 0 Å². The molecule has 1 aromatic carbocycles. The fourth-order valence-electron chi connectivity index (χ4n) is 3.44. The normalized spacial score (nSPS) is 16.3. The van der Waals surface area contributed by atoms with Crippen molar-refractivity contribution in [3.63, 3.8) is 0 Å². The quantitative estimate of drug-likeness (QED) is 0.339. The fraction of sp³-hybridized carbons (Fsp3) is 0.591. The van der Waals surface area contributed by atoms with E-state index in [1.807, 2.05) is 0 Å². The Balaban J connectivity index is 0.00000300. The minimum atomic E-state index is 0. The van der Waals surface area contributed by atoms with Crippen LogP contribution in [0, 0.1) is 0 Å². The Morgan fingerprint density at radius 2 is 1.93 bits per heavy atom. The Kier molecular flexibility index (Phi) is 9.39. The molecule has 3 rings (SSSR count). The molecule has 2 heterocycles. The molecule has 7 heteroatoms. The van der Waals surface area contributed by atoms with E-state index < -0.39 is 0 Å². The summed E-state index contributed by atoms with van der Waals surface area (Å²) in [7, 11) is 0. The van der Waals surface area contributed by atoms with E-state index in [1.54, 1.807) is 0 Å². The van der Waals surface area contributed by atoms with Crippen LogP contribution in [0.5, 0.6) is 0 Å². The first-order valence-corrected chi connectivity index (χ1v) is 10.6. The van der Waals surface area contributed by atoms with Gasteiger partial charge in [-0.25, -0.2) is 9.67 Å². The van der Waals surface area contributed by atoms with Gasteiger partial charge in [0, 0.05) is 31.5 Å². The Labute approximate surface area is 192 Å². The van der Waals surface area contributed by atoms with Crippen molar-refractivity contribution in [3.05, 3.63) is 47.0 Å². The van der Waals surface area contributed by atoms with Crippen LogP contribution in [0.25, 0.3) is 0 Å². The van der Waals surface area contributed by atoms with Gasteiger partial charge in [-0.2, -0.15) is 5.10 Å². The average Bonchev–Trinajstić information content (AvgIpc) is 3.12. The van der Waals surface area contributed by atoms with Crippen molar-refractivity contribution in [2.24, 2.45) is 4.99 Å². The monoisotopic (exact) mass is 510 g/mol. The third-order valence-corrected chi connectivity index (χ3v) is 5.18. The molecule has 0 saturated heterocycles. The lowest BCUT2D eigenvalue weighted by Crippen LogP contribution is -2.47. The molecule has 6 nitrogen and oxygen atoms in total. The van der Waals surface area contributed by atoms with Crippen molar-refractivity contribution in [2.45, 2.75) is 71.9 Å². The topological polar surface area (TPSA) is 67.1 Å². The van der Waals surface area contributed by atoms with Gasteiger partial charge in [0.1, 0.15) is 5.82 Å². The second-order valence-corrected chi connectivity index (χ2v) is 7.78. The van der Waals surface area contributed by atoms with Crippen LogP contribution in [0.1, 0.15) is 62.8 Å². The number of aliphatic imine (C=N–C) groups is 1. The Morgan fingerprint density at radius 3 is 2.59 bits per heavy atom. The standard InChI is InChI=1S/C22H34N6.HI/c1-5-17-7-9-18(10-8-17)13-14-24-22(23-6-2)25-19-11-12-20-26-21(16(3)4)27-28(20)15-19;/h7-10,16,19H,5-6,11-15H2,1-4H3,(H2,23,24,25);1H. The number of guanidine groups is 1. The van der Waals surface area contributed by atoms with Gasteiger partial charge in [-0.05, 0) is 37.3 Å². The highest BCUT2D eigenvalue weighted by molar-refractivity contribution is 14.0. The Bertz CT molecular complexity index is 781. The summed E-state index contributed by atoms with van der Waals surface area (Å²) in [6.45, 7) is 11.1. The number of hydrogen-bond donors (Lipinski definition) is 2. The average molecular weight is 510 g/mol. The molecule has 2 N–H and O–H groups in total. The zero-order valence-electron chi connectivity index (χ0n) is 18.1. The summed E-state index contributed by atoms with van der Waals surface area (Å²) in [5, 5.41) is 11.6. The van der Waals surface area contributed by atoms with Crippen LogP contribution >= 0.6 is 24.0 Å². The number of nitrogens with one attached hydrogen (secondary N) is 2. The molecule has 1 atom stereocenters. The smallest absolute Gasteiger partial charge is 0.191 e. The van der Waals surface area contributed by atoms with E-state index in [1.165, 1.54) is 11.1 Å². The summed E-state index contributed by atoms with van der Waals surface area (Å²) in [5.74, 6) is 3.32. The maximum atomic E-state index is 4.78. The second-order valence-electron chi connectivity index (χ2n) is 7.78. The third-order valence-electron chi connectivity index (χ3n) is 5.18. The minimum absolute atomic E-state index is 0. The summed E-state index contributed by atoms with van der Waals surface area (Å²) in [5.41, 5.74) is 2.72. The first-order chi connectivity index (χ1) is 13.6. The predicted molar refractivity (Wildman–Crippen MR) is 130 cm³/mol. The highest BCUT2D eigenvalue weighted by atomic mass is 127. The zero-order valence-corrected chi connectivity index (χ0v) is 20.4. The van der Waals surface area contributed by atoms with Crippen molar-refractivity contribution >= 4 is 29.9 Å². The van der Waals surface area contributed by atoms with Crippen molar-refractivity contribution in [1.29, 1.82) is 0 Å². The number of benzene rings is 1. The van der Waals surface area contributed by atoms with Gasteiger partial charge in [-0.3, -0.25) is 4.99 Å². The maximum absolute atomic E-state index is 4.78.